The highest BCUT2D eigenvalue weighted by Gasteiger charge is 2.03. The number of hydrogen-bond donors (Lipinski definition) is 1. The van der Waals surface area contributed by atoms with E-state index in [1.165, 1.54) is 5.56 Å². The number of aromatic nitrogens is 3. The van der Waals surface area contributed by atoms with Gasteiger partial charge in [0, 0.05) is 12.3 Å². The third-order valence-corrected chi connectivity index (χ3v) is 2.27. The Labute approximate surface area is 75.0 Å². The number of rotatable bonds is 0. The van der Waals surface area contributed by atoms with Gasteiger partial charge in [-0.05, 0) is 24.6 Å². The number of aromatic amines is 1. The summed E-state index contributed by atoms with van der Waals surface area (Å²) < 4.78 is 1.98. The zero-order chi connectivity index (χ0) is 8.84. The quantitative estimate of drug-likeness (QED) is 0.552. The standard InChI is InChI=1S/C10H9N3/c1-7-2-3-9-8(6-7)12-10-4-5-11-13(9)10/h2-6,11H,1H3. The van der Waals surface area contributed by atoms with Gasteiger partial charge >= 0.3 is 0 Å². The summed E-state index contributed by atoms with van der Waals surface area (Å²) in [5.41, 5.74) is 4.39. The second-order valence-electron chi connectivity index (χ2n) is 3.26. The Balaban J connectivity index is 2.59. The van der Waals surface area contributed by atoms with Crippen LogP contribution in [0.15, 0.2) is 30.5 Å². The molecule has 0 aliphatic rings. The maximum absolute atomic E-state index is 4.47. The lowest BCUT2D eigenvalue weighted by atomic mass is 10.2. The van der Waals surface area contributed by atoms with Crippen LogP contribution >= 0.6 is 0 Å². The number of benzene rings is 1. The van der Waals surface area contributed by atoms with E-state index >= 15 is 0 Å². The van der Waals surface area contributed by atoms with Crippen molar-refractivity contribution in [3.05, 3.63) is 36.0 Å². The third-order valence-electron chi connectivity index (χ3n) is 2.27. The van der Waals surface area contributed by atoms with Gasteiger partial charge in [0.05, 0.1) is 11.0 Å². The van der Waals surface area contributed by atoms with E-state index in [0.717, 1.165) is 16.7 Å². The van der Waals surface area contributed by atoms with Crippen molar-refractivity contribution in [3.8, 4) is 0 Å². The predicted molar refractivity (Wildman–Crippen MR) is 51.8 cm³/mol. The van der Waals surface area contributed by atoms with Gasteiger partial charge in [0.25, 0.3) is 0 Å². The number of aryl methyl sites for hydroxylation is 1. The lowest BCUT2D eigenvalue weighted by Gasteiger charge is -1.91. The molecule has 0 saturated heterocycles. The van der Waals surface area contributed by atoms with Crippen molar-refractivity contribution >= 4 is 16.7 Å². The van der Waals surface area contributed by atoms with Crippen molar-refractivity contribution < 1.29 is 0 Å². The lowest BCUT2D eigenvalue weighted by molar-refractivity contribution is 1.01. The van der Waals surface area contributed by atoms with E-state index in [0.29, 0.717) is 0 Å². The molecule has 3 aromatic rings. The molecule has 3 nitrogen and oxygen atoms in total. The first-order valence-electron chi connectivity index (χ1n) is 4.27. The molecule has 0 saturated carbocycles. The van der Waals surface area contributed by atoms with Gasteiger partial charge in [-0.2, -0.15) is 0 Å². The summed E-state index contributed by atoms with van der Waals surface area (Å²) in [6, 6.07) is 8.24. The molecule has 0 aliphatic carbocycles. The average molecular weight is 171 g/mol. The first-order chi connectivity index (χ1) is 6.34. The van der Waals surface area contributed by atoms with Crippen LogP contribution in [0, 0.1) is 6.92 Å². The van der Waals surface area contributed by atoms with E-state index in [-0.39, 0.29) is 0 Å². The molecule has 0 amide bonds. The zero-order valence-corrected chi connectivity index (χ0v) is 7.28. The van der Waals surface area contributed by atoms with Crippen LogP contribution in [-0.2, 0) is 0 Å². The molecule has 2 heterocycles. The molecule has 3 heteroatoms. The van der Waals surface area contributed by atoms with Gasteiger partial charge < -0.3 is 0 Å². The largest absolute Gasteiger partial charge is 0.299 e. The molecule has 13 heavy (non-hydrogen) atoms. The Kier molecular flexibility index (Phi) is 1.10. The summed E-state index contributed by atoms with van der Waals surface area (Å²) in [5.74, 6) is 0. The summed E-state index contributed by atoms with van der Waals surface area (Å²) in [5, 5.41) is 3.12. The predicted octanol–water partition coefficient (Wildman–Crippen LogP) is 2.12. The van der Waals surface area contributed by atoms with Crippen molar-refractivity contribution in [2.24, 2.45) is 0 Å². The molecule has 1 N–H and O–H groups in total. The Morgan fingerprint density at radius 1 is 1.31 bits per heavy atom. The van der Waals surface area contributed by atoms with Crippen LogP contribution in [0.4, 0.5) is 0 Å². The van der Waals surface area contributed by atoms with E-state index in [1.54, 1.807) is 0 Å². The van der Waals surface area contributed by atoms with Crippen molar-refractivity contribution in [1.29, 1.82) is 0 Å². The normalized spacial score (nSPS) is 11.5. The van der Waals surface area contributed by atoms with Crippen molar-refractivity contribution in [2.75, 3.05) is 0 Å². The maximum atomic E-state index is 4.47. The average Bonchev–Trinajstić information content (AvgIpc) is 2.62. The van der Waals surface area contributed by atoms with E-state index < -0.39 is 0 Å². The molecule has 0 aliphatic heterocycles. The number of imidazole rings is 1. The zero-order valence-electron chi connectivity index (χ0n) is 7.28. The van der Waals surface area contributed by atoms with E-state index in [1.807, 2.05) is 16.8 Å². The Hall–Kier alpha value is -1.77. The number of hydrogen-bond acceptors (Lipinski definition) is 1. The van der Waals surface area contributed by atoms with Gasteiger partial charge in [-0.3, -0.25) is 5.10 Å². The molecule has 2 aromatic heterocycles. The molecular formula is C10H9N3. The molecule has 0 spiro atoms. The van der Waals surface area contributed by atoms with E-state index in [2.05, 4.69) is 35.2 Å². The van der Waals surface area contributed by atoms with Crippen molar-refractivity contribution in [1.82, 2.24) is 14.6 Å². The van der Waals surface area contributed by atoms with Crippen LogP contribution in [0.5, 0.6) is 0 Å². The molecule has 0 bridgehead atoms. The number of H-pyrrole nitrogens is 1. The van der Waals surface area contributed by atoms with Gasteiger partial charge in [0.1, 0.15) is 0 Å². The highest BCUT2D eigenvalue weighted by atomic mass is 15.3. The van der Waals surface area contributed by atoms with Crippen LogP contribution < -0.4 is 0 Å². The summed E-state index contributed by atoms with van der Waals surface area (Å²) in [4.78, 5) is 4.47. The van der Waals surface area contributed by atoms with Gasteiger partial charge in [0.15, 0.2) is 5.65 Å². The second-order valence-corrected chi connectivity index (χ2v) is 3.26. The number of fused-ring (bicyclic) bond motifs is 3. The number of nitrogens with zero attached hydrogens (tertiary/aromatic N) is 2. The van der Waals surface area contributed by atoms with Crippen molar-refractivity contribution in [2.45, 2.75) is 6.92 Å². The van der Waals surface area contributed by atoms with Crippen LogP contribution in [0.1, 0.15) is 5.56 Å². The first kappa shape index (κ1) is 6.71. The lowest BCUT2D eigenvalue weighted by Crippen LogP contribution is -1.81. The summed E-state index contributed by atoms with van der Waals surface area (Å²) in [6.45, 7) is 2.08. The SMILES string of the molecule is Cc1ccc2c(c1)nc1cc[nH]n12. The van der Waals surface area contributed by atoms with Crippen LogP contribution in [-0.4, -0.2) is 14.6 Å². The maximum Gasteiger partial charge on any atom is 0.154 e. The second kappa shape index (κ2) is 2.13. The third kappa shape index (κ3) is 0.811. The smallest absolute Gasteiger partial charge is 0.154 e. The summed E-state index contributed by atoms with van der Waals surface area (Å²) >= 11 is 0. The summed E-state index contributed by atoms with van der Waals surface area (Å²) in [7, 11) is 0. The molecule has 0 unspecified atom stereocenters. The topological polar surface area (TPSA) is 33.1 Å². The number of nitrogens with one attached hydrogen (secondary N) is 1. The highest BCUT2D eigenvalue weighted by molar-refractivity contribution is 5.80. The minimum atomic E-state index is 0.973. The monoisotopic (exact) mass is 171 g/mol. The van der Waals surface area contributed by atoms with Gasteiger partial charge in [-0.15, -0.1) is 0 Å². The van der Waals surface area contributed by atoms with Crippen molar-refractivity contribution in [3.63, 3.8) is 0 Å². The molecule has 0 fully saturated rings. The van der Waals surface area contributed by atoms with E-state index in [9.17, 15) is 0 Å². The van der Waals surface area contributed by atoms with Crippen LogP contribution in [0.3, 0.4) is 0 Å². The fourth-order valence-corrected chi connectivity index (χ4v) is 1.64. The minimum Gasteiger partial charge on any atom is -0.299 e. The molecule has 1 aromatic carbocycles. The molecule has 3 rings (SSSR count). The minimum absolute atomic E-state index is 0.973. The molecule has 64 valence electrons. The van der Waals surface area contributed by atoms with Gasteiger partial charge in [-0.1, -0.05) is 6.07 Å². The van der Waals surface area contributed by atoms with Crippen LogP contribution in [0.2, 0.25) is 0 Å². The van der Waals surface area contributed by atoms with E-state index in [4.69, 9.17) is 0 Å². The Bertz CT molecular complexity index is 574. The highest BCUT2D eigenvalue weighted by Crippen LogP contribution is 2.16. The first-order valence-corrected chi connectivity index (χ1v) is 4.27. The van der Waals surface area contributed by atoms with Gasteiger partial charge in [0.2, 0.25) is 0 Å². The molecule has 0 atom stereocenters. The Morgan fingerprint density at radius 3 is 3.15 bits per heavy atom. The van der Waals surface area contributed by atoms with Gasteiger partial charge in [-0.25, -0.2) is 9.50 Å². The van der Waals surface area contributed by atoms with Crippen LogP contribution in [0.25, 0.3) is 16.7 Å². The fourth-order valence-electron chi connectivity index (χ4n) is 1.64. The molecular weight excluding hydrogens is 162 g/mol. The Morgan fingerprint density at radius 2 is 2.23 bits per heavy atom. The fraction of sp³-hybridized carbons (Fsp3) is 0.100. The summed E-state index contributed by atoms with van der Waals surface area (Å²) in [6.07, 6.45) is 1.89. The molecule has 0 radical (unpaired) electrons.